The van der Waals surface area contributed by atoms with Gasteiger partial charge in [-0.1, -0.05) is 43.2 Å². The van der Waals surface area contributed by atoms with E-state index in [0.717, 1.165) is 5.56 Å². The first-order valence-corrected chi connectivity index (χ1v) is 7.06. The molecule has 1 aromatic rings. The minimum Gasteiger partial charge on any atom is -0.480 e. The van der Waals surface area contributed by atoms with Crippen LogP contribution in [0.3, 0.4) is 0 Å². The van der Waals surface area contributed by atoms with Crippen molar-refractivity contribution in [2.24, 2.45) is 0 Å². The minimum atomic E-state index is -1.05. The molecule has 5 heteroatoms. The van der Waals surface area contributed by atoms with Crippen LogP contribution in [0.2, 0.25) is 0 Å². The van der Waals surface area contributed by atoms with Crippen LogP contribution >= 0.6 is 0 Å². The number of carbonyl (C=O) groups is 3. The Morgan fingerprint density at radius 2 is 1.76 bits per heavy atom. The molecule has 2 N–H and O–H groups in total. The van der Waals surface area contributed by atoms with Crippen LogP contribution in [0, 0.1) is 6.92 Å². The van der Waals surface area contributed by atoms with Crippen molar-refractivity contribution in [3.63, 3.8) is 0 Å². The van der Waals surface area contributed by atoms with Gasteiger partial charge in [0.25, 0.3) is 0 Å². The molecule has 0 spiro atoms. The molecule has 5 nitrogen and oxygen atoms in total. The molecule has 0 aliphatic carbocycles. The summed E-state index contributed by atoms with van der Waals surface area (Å²) >= 11 is 0. The zero-order valence-corrected chi connectivity index (χ0v) is 12.4. The van der Waals surface area contributed by atoms with Gasteiger partial charge in [0.1, 0.15) is 6.04 Å². The second-order valence-corrected chi connectivity index (χ2v) is 5.04. The summed E-state index contributed by atoms with van der Waals surface area (Å²) in [6, 6.07) is 6.26. The number of hydrogen-bond donors (Lipinski definition) is 2. The summed E-state index contributed by atoms with van der Waals surface area (Å²) in [5.74, 6) is -1.57. The largest absolute Gasteiger partial charge is 0.480 e. The van der Waals surface area contributed by atoms with E-state index < -0.39 is 17.9 Å². The highest BCUT2D eigenvalue weighted by molar-refractivity contribution is 5.98. The fourth-order valence-electron chi connectivity index (χ4n) is 1.92. The Morgan fingerprint density at radius 1 is 1.14 bits per heavy atom. The van der Waals surface area contributed by atoms with E-state index in [1.54, 1.807) is 12.1 Å². The van der Waals surface area contributed by atoms with Crippen molar-refractivity contribution in [2.75, 3.05) is 0 Å². The van der Waals surface area contributed by atoms with E-state index in [0.29, 0.717) is 18.4 Å². The first-order chi connectivity index (χ1) is 9.93. The van der Waals surface area contributed by atoms with E-state index >= 15 is 0 Å². The number of carbonyl (C=O) groups excluding carboxylic acids is 2. The molecule has 0 heterocycles. The lowest BCUT2D eigenvalue weighted by atomic mass is 10.0. The summed E-state index contributed by atoms with van der Waals surface area (Å²) in [4.78, 5) is 34.5. The fourth-order valence-corrected chi connectivity index (χ4v) is 1.92. The van der Waals surface area contributed by atoms with Crippen LogP contribution in [0.25, 0.3) is 0 Å². The van der Waals surface area contributed by atoms with Crippen molar-refractivity contribution < 1.29 is 19.5 Å². The maximum atomic E-state index is 11.9. The normalized spacial score (nSPS) is 11.7. The number of hydrogen-bond acceptors (Lipinski definition) is 3. The van der Waals surface area contributed by atoms with Gasteiger partial charge < -0.3 is 10.4 Å². The van der Waals surface area contributed by atoms with Crippen LogP contribution in [0.4, 0.5) is 0 Å². The third-order valence-electron chi connectivity index (χ3n) is 3.16. The summed E-state index contributed by atoms with van der Waals surface area (Å²) in [7, 11) is 0. The standard InChI is InChI=1S/C16H21NO4/c1-3-4-13(16(20)21)17-15(19)10-9-14(18)12-7-5-11(2)6-8-12/h5-8,13H,3-4,9-10H2,1-2H3,(H,17,19)(H,20,21). The van der Waals surface area contributed by atoms with E-state index in [1.807, 2.05) is 26.0 Å². The molecule has 1 unspecified atom stereocenters. The van der Waals surface area contributed by atoms with Gasteiger partial charge in [0.05, 0.1) is 0 Å². The lowest BCUT2D eigenvalue weighted by molar-refractivity contribution is -0.142. The molecule has 0 radical (unpaired) electrons. The van der Waals surface area contributed by atoms with Gasteiger partial charge in [0.2, 0.25) is 5.91 Å². The van der Waals surface area contributed by atoms with E-state index in [9.17, 15) is 14.4 Å². The van der Waals surface area contributed by atoms with Crippen LogP contribution in [-0.2, 0) is 9.59 Å². The molecular weight excluding hydrogens is 270 g/mol. The average Bonchev–Trinajstić information content (AvgIpc) is 2.45. The van der Waals surface area contributed by atoms with Crippen molar-refractivity contribution in [3.05, 3.63) is 35.4 Å². The summed E-state index contributed by atoms with van der Waals surface area (Å²) < 4.78 is 0. The van der Waals surface area contributed by atoms with Crippen molar-refractivity contribution in [3.8, 4) is 0 Å². The van der Waals surface area contributed by atoms with E-state index in [1.165, 1.54) is 0 Å². The topological polar surface area (TPSA) is 83.5 Å². The maximum absolute atomic E-state index is 11.9. The lowest BCUT2D eigenvalue weighted by Crippen LogP contribution is -2.40. The summed E-state index contributed by atoms with van der Waals surface area (Å²) in [6.07, 6.45) is 1.13. The Morgan fingerprint density at radius 3 is 2.29 bits per heavy atom. The Labute approximate surface area is 124 Å². The van der Waals surface area contributed by atoms with Gasteiger partial charge >= 0.3 is 5.97 Å². The Kier molecular flexibility index (Phi) is 6.59. The van der Waals surface area contributed by atoms with Gasteiger partial charge in [-0.25, -0.2) is 4.79 Å². The highest BCUT2D eigenvalue weighted by atomic mass is 16.4. The Bertz CT molecular complexity index is 508. The van der Waals surface area contributed by atoms with Gasteiger partial charge in [-0.05, 0) is 13.3 Å². The highest BCUT2D eigenvalue weighted by Gasteiger charge is 2.19. The van der Waals surface area contributed by atoms with Crippen molar-refractivity contribution >= 4 is 17.7 Å². The van der Waals surface area contributed by atoms with E-state index in [2.05, 4.69) is 5.32 Å². The summed E-state index contributed by atoms with van der Waals surface area (Å²) in [6.45, 7) is 3.78. The van der Waals surface area contributed by atoms with Gasteiger partial charge in [-0.3, -0.25) is 9.59 Å². The molecule has 0 bridgehead atoms. The molecule has 1 amide bonds. The molecule has 0 saturated heterocycles. The molecule has 0 fully saturated rings. The quantitative estimate of drug-likeness (QED) is 0.720. The number of nitrogens with one attached hydrogen (secondary N) is 1. The lowest BCUT2D eigenvalue weighted by Gasteiger charge is -2.13. The second-order valence-electron chi connectivity index (χ2n) is 5.04. The Balaban J connectivity index is 2.46. The zero-order valence-electron chi connectivity index (χ0n) is 12.4. The number of ketones is 1. The molecule has 0 aliphatic heterocycles. The number of Topliss-reactive ketones (excluding diaryl/α,β-unsaturated/α-hetero) is 1. The first-order valence-electron chi connectivity index (χ1n) is 7.06. The summed E-state index contributed by atoms with van der Waals surface area (Å²) in [5, 5.41) is 11.4. The number of rotatable bonds is 8. The second kappa shape index (κ2) is 8.19. The molecule has 1 aromatic carbocycles. The average molecular weight is 291 g/mol. The van der Waals surface area contributed by atoms with Gasteiger partial charge in [0, 0.05) is 18.4 Å². The fraction of sp³-hybridized carbons (Fsp3) is 0.438. The van der Waals surface area contributed by atoms with E-state index in [-0.39, 0.29) is 18.6 Å². The van der Waals surface area contributed by atoms with Crippen LogP contribution in [0.1, 0.15) is 48.5 Å². The van der Waals surface area contributed by atoms with Crippen molar-refractivity contribution in [1.82, 2.24) is 5.32 Å². The molecule has 0 aromatic heterocycles. The third kappa shape index (κ3) is 5.77. The SMILES string of the molecule is CCCC(NC(=O)CCC(=O)c1ccc(C)cc1)C(=O)O. The zero-order chi connectivity index (χ0) is 15.8. The predicted molar refractivity (Wildman–Crippen MR) is 79.2 cm³/mol. The maximum Gasteiger partial charge on any atom is 0.326 e. The number of aryl methyl sites for hydroxylation is 1. The number of aliphatic carboxylic acids is 1. The van der Waals surface area contributed by atoms with Gasteiger partial charge in [-0.15, -0.1) is 0 Å². The molecule has 21 heavy (non-hydrogen) atoms. The van der Waals surface area contributed by atoms with Crippen LogP contribution < -0.4 is 5.32 Å². The summed E-state index contributed by atoms with van der Waals surface area (Å²) in [5.41, 5.74) is 1.63. The Hall–Kier alpha value is -2.17. The molecule has 114 valence electrons. The highest BCUT2D eigenvalue weighted by Crippen LogP contribution is 2.08. The minimum absolute atomic E-state index is 0.000202. The van der Waals surface area contributed by atoms with Crippen LogP contribution in [0.5, 0.6) is 0 Å². The smallest absolute Gasteiger partial charge is 0.326 e. The number of benzene rings is 1. The van der Waals surface area contributed by atoms with Gasteiger partial charge in [-0.2, -0.15) is 0 Å². The van der Waals surface area contributed by atoms with Crippen LogP contribution in [0.15, 0.2) is 24.3 Å². The van der Waals surface area contributed by atoms with Gasteiger partial charge in [0.15, 0.2) is 5.78 Å². The monoisotopic (exact) mass is 291 g/mol. The van der Waals surface area contributed by atoms with Crippen LogP contribution in [-0.4, -0.2) is 28.8 Å². The third-order valence-corrected chi connectivity index (χ3v) is 3.16. The molecule has 1 atom stereocenters. The number of amides is 1. The van der Waals surface area contributed by atoms with Crippen molar-refractivity contribution in [2.45, 2.75) is 45.6 Å². The molecule has 0 aliphatic rings. The number of carboxylic acids is 1. The molecule has 0 saturated carbocycles. The van der Waals surface area contributed by atoms with E-state index in [4.69, 9.17) is 5.11 Å². The van der Waals surface area contributed by atoms with Crippen molar-refractivity contribution in [1.29, 1.82) is 0 Å². The number of carboxylic acid groups (broad SMARTS) is 1. The predicted octanol–water partition coefficient (Wildman–Crippen LogP) is 2.33. The molecular formula is C16H21NO4. The molecule has 1 rings (SSSR count). The first kappa shape index (κ1) is 16.9.